The highest BCUT2D eigenvalue weighted by Crippen LogP contribution is 2.47. The molecule has 2 saturated carbocycles. The minimum absolute atomic E-state index is 0.00231. The van der Waals surface area contributed by atoms with Crippen LogP contribution >= 0.6 is 0 Å². The van der Waals surface area contributed by atoms with Gasteiger partial charge in [0.1, 0.15) is 0 Å². The number of carboxylic acids is 1. The van der Waals surface area contributed by atoms with Crippen molar-refractivity contribution >= 4 is 5.97 Å². The fourth-order valence-corrected chi connectivity index (χ4v) is 2.60. The van der Waals surface area contributed by atoms with E-state index in [0.29, 0.717) is 5.92 Å². The lowest BCUT2D eigenvalue weighted by atomic mass is 9.60. The maximum atomic E-state index is 10.7. The van der Waals surface area contributed by atoms with Crippen molar-refractivity contribution in [2.45, 2.75) is 32.1 Å². The average molecular weight is 154 g/mol. The van der Waals surface area contributed by atoms with Gasteiger partial charge in [-0.15, -0.1) is 0 Å². The molecule has 2 rings (SSSR count). The smallest absolute Gasteiger partial charge is 0.306 e. The lowest BCUT2D eigenvalue weighted by molar-refractivity contribution is -0.148. The molecule has 2 heteroatoms. The molecule has 0 aromatic carbocycles. The van der Waals surface area contributed by atoms with Gasteiger partial charge in [-0.05, 0) is 31.1 Å². The van der Waals surface area contributed by atoms with E-state index in [1.807, 2.05) is 0 Å². The van der Waals surface area contributed by atoms with Crippen LogP contribution in [0.2, 0.25) is 0 Å². The molecule has 2 fully saturated rings. The molecular weight excluding hydrogens is 140 g/mol. The summed E-state index contributed by atoms with van der Waals surface area (Å²) in [7, 11) is 0. The van der Waals surface area contributed by atoms with E-state index in [4.69, 9.17) is 5.11 Å². The molecule has 0 aromatic heterocycles. The van der Waals surface area contributed by atoms with Crippen LogP contribution in [0.25, 0.3) is 0 Å². The lowest BCUT2D eigenvalue weighted by Crippen LogP contribution is -2.39. The Kier molecular flexibility index (Phi) is 1.63. The van der Waals surface area contributed by atoms with Crippen molar-refractivity contribution in [2.24, 2.45) is 17.8 Å². The molecule has 2 aliphatic rings. The van der Waals surface area contributed by atoms with Crippen LogP contribution in [0.15, 0.2) is 0 Å². The number of hydrogen-bond acceptors (Lipinski definition) is 1. The first kappa shape index (κ1) is 7.14. The first-order valence-corrected chi connectivity index (χ1v) is 4.52. The molecule has 2 nitrogen and oxygen atoms in total. The number of carboxylic acid groups (broad SMARTS) is 1. The Morgan fingerprint density at radius 3 is 2.45 bits per heavy atom. The molecule has 3 atom stereocenters. The molecule has 0 saturated heterocycles. The van der Waals surface area contributed by atoms with Crippen LogP contribution in [0.4, 0.5) is 0 Å². The summed E-state index contributed by atoms with van der Waals surface area (Å²) in [6.07, 6.45) is 5.80. The molecule has 11 heavy (non-hydrogen) atoms. The predicted octanol–water partition coefficient (Wildman–Crippen LogP) is 1.90. The number of carbonyl (C=O) groups is 1. The fourth-order valence-electron chi connectivity index (χ4n) is 2.60. The quantitative estimate of drug-likeness (QED) is 0.626. The molecular formula is C9H14O2. The zero-order chi connectivity index (χ0) is 7.84. The van der Waals surface area contributed by atoms with Crippen molar-refractivity contribution in [1.29, 1.82) is 0 Å². The summed E-state index contributed by atoms with van der Waals surface area (Å²) in [6, 6.07) is 0. The molecule has 1 N–H and O–H groups in total. The predicted molar refractivity (Wildman–Crippen MR) is 41.2 cm³/mol. The first-order valence-electron chi connectivity index (χ1n) is 4.52. The van der Waals surface area contributed by atoms with Gasteiger partial charge in [0.2, 0.25) is 0 Å². The highest BCUT2D eigenvalue weighted by molar-refractivity contribution is 5.70. The Balaban J connectivity index is 2.03. The average Bonchev–Trinajstić information content (AvgIpc) is 1.90. The minimum atomic E-state index is -0.556. The van der Waals surface area contributed by atoms with Crippen molar-refractivity contribution in [3.05, 3.63) is 0 Å². The van der Waals surface area contributed by atoms with Crippen LogP contribution in [0.5, 0.6) is 0 Å². The van der Waals surface area contributed by atoms with Gasteiger partial charge in [0.25, 0.3) is 0 Å². The minimum Gasteiger partial charge on any atom is -0.481 e. The fraction of sp³-hybridized carbons (Fsp3) is 0.889. The van der Waals surface area contributed by atoms with E-state index in [-0.39, 0.29) is 5.92 Å². The molecule has 3 unspecified atom stereocenters. The van der Waals surface area contributed by atoms with Gasteiger partial charge in [-0.25, -0.2) is 0 Å². The van der Waals surface area contributed by atoms with Gasteiger partial charge in [0, 0.05) is 0 Å². The van der Waals surface area contributed by atoms with Crippen molar-refractivity contribution in [2.75, 3.05) is 0 Å². The highest BCUT2D eigenvalue weighted by atomic mass is 16.4. The van der Waals surface area contributed by atoms with Gasteiger partial charge in [-0.2, -0.15) is 0 Å². The molecule has 62 valence electrons. The van der Waals surface area contributed by atoms with E-state index in [2.05, 4.69) is 0 Å². The second kappa shape index (κ2) is 2.50. The van der Waals surface area contributed by atoms with Gasteiger partial charge in [-0.3, -0.25) is 4.79 Å². The third-order valence-electron chi connectivity index (χ3n) is 3.40. The molecule has 0 aliphatic heterocycles. The van der Waals surface area contributed by atoms with Crippen molar-refractivity contribution < 1.29 is 9.90 Å². The lowest BCUT2D eigenvalue weighted by Gasteiger charge is -2.44. The van der Waals surface area contributed by atoms with E-state index < -0.39 is 5.97 Å². The second-order valence-corrected chi connectivity index (χ2v) is 3.88. The number of rotatable bonds is 1. The van der Waals surface area contributed by atoms with Crippen LogP contribution in [0.1, 0.15) is 32.1 Å². The van der Waals surface area contributed by atoms with Crippen LogP contribution in [0, 0.1) is 17.8 Å². The van der Waals surface area contributed by atoms with Gasteiger partial charge < -0.3 is 5.11 Å². The molecule has 0 spiro atoms. The summed E-state index contributed by atoms with van der Waals surface area (Å²) in [5.74, 6) is 0.757. The Morgan fingerprint density at radius 1 is 1.18 bits per heavy atom. The number of aliphatic carboxylic acids is 1. The topological polar surface area (TPSA) is 37.3 Å². The van der Waals surface area contributed by atoms with Crippen molar-refractivity contribution in [3.63, 3.8) is 0 Å². The van der Waals surface area contributed by atoms with Crippen LogP contribution in [-0.2, 0) is 4.79 Å². The van der Waals surface area contributed by atoms with Crippen LogP contribution in [-0.4, -0.2) is 11.1 Å². The molecule has 0 radical (unpaired) electrons. The normalized spacial score (nSPS) is 42.4. The highest BCUT2D eigenvalue weighted by Gasteiger charge is 2.42. The maximum Gasteiger partial charge on any atom is 0.306 e. The summed E-state index contributed by atoms with van der Waals surface area (Å²) in [4.78, 5) is 10.7. The Bertz CT molecular complexity index is 176. The van der Waals surface area contributed by atoms with E-state index in [1.165, 1.54) is 19.3 Å². The summed E-state index contributed by atoms with van der Waals surface area (Å²) >= 11 is 0. The number of hydrogen-bond donors (Lipinski definition) is 1. The van der Waals surface area contributed by atoms with E-state index >= 15 is 0 Å². The van der Waals surface area contributed by atoms with E-state index in [9.17, 15) is 4.79 Å². The van der Waals surface area contributed by atoms with Crippen molar-refractivity contribution in [3.8, 4) is 0 Å². The number of fused-ring (bicyclic) bond motifs is 1. The Labute approximate surface area is 66.6 Å². The van der Waals surface area contributed by atoms with E-state index in [0.717, 1.165) is 18.8 Å². The molecule has 2 aliphatic carbocycles. The molecule has 0 heterocycles. The summed E-state index contributed by atoms with van der Waals surface area (Å²) in [6.45, 7) is 0. The first-order chi connectivity index (χ1) is 5.29. The summed E-state index contributed by atoms with van der Waals surface area (Å²) in [5, 5.41) is 8.86. The zero-order valence-corrected chi connectivity index (χ0v) is 6.62. The van der Waals surface area contributed by atoms with Gasteiger partial charge >= 0.3 is 5.97 Å². The second-order valence-electron chi connectivity index (χ2n) is 3.88. The SMILES string of the molecule is O=C(O)C1CCCC2CCC21. The van der Waals surface area contributed by atoms with Crippen LogP contribution in [0.3, 0.4) is 0 Å². The summed E-state index contributed by atoms with van der Waals surface area (Å²) < 4.78 is 0. The van der Waals surface area contributed by atoms with E-state index in [1.54, 1.807) is 0 Å². The third-order valence-corrected chi connectivity index (χ3v) is 3.40. The summed E-state index contributed by atoms with van der Waals surface area (Å²) in [5.41, 5.74) is 0. The van der Waals surface area contributed by atoms with Gasteiger partial charge in [0.15, 0.2) is 0 Å². The molecule has 0 aromatic rings. The Morgan fingerprint density at radius 2 is 2.00 bits per heavy atom. The maximum absolute atomic E-state index is 10.7. The third kappa shape index (κ3) is 1.05. The largest absolute Gasteiger partial charge is 0.481 e. The standard InChI is InChI=1S/C9H14O2/c10-9(11)8-3-1-2-6-4-5-7(6)8/h6-8H,1-5H2,(H,10,11). The van der Waals surface area contributed by atoms with Crippen LogP contribution < -0.4 is 0 Å². The molecule has 0 amide bonds. The van der Waals surface area contributed by atoms with Gasteiger partial charge in [0.05, 0.1) is 5.92 Å². The zero-order valence-electron chi connectivity index (χ0n) is 6.62. The Hall–Kier alpha value is -0.530. The molecule has 0 bridgehead atoms. The van der Waals surface area contributed by atoms with Crippen molar-refractivity contribution in [1.82, 2.24) is 0 Å². The monoisotopic (exact) mass is 154 g/mol. The van der Waals surface area contributed by atoms with Gasteiger partial charge in [-0.1, -0.05) is 12.8 Å².